The molecule has 1 saturated heterocycles. The van der Waals surface area contributed by atoms with E-state index in [1.165, 1.54) is 6.20 Å². The Kier molecular flexibility index (Phi) is 4.49. The number of hydrogen-bond donors (Lipinski definition) is 2. The molecule has 148 valence electrons. The fourth-order valence-corrected chi connectivity index (χ4v) is 3.16. The lowest BCUT2D eigenvalue weighted by atomic mass is 9.93. The van der Waals surface area contributed by atoms with E-state index in [9.17, 15) is 13.2 Å². The molecule has 6 nitrogen and oxygen atoms in total. The standard InChI is InChI=1S/C19H21F3N6/c1-19(2,3)15-9-28-14(7-25-16(28)8-24-15)17-10(20)4-11(21)18(27-17)26-13-6-23-5-12(13)22/h4,7-9,12-13,23H,5-6H2,1-3H3,(H,26,27). The van der Waals surface area contributed by atoms with Crippen molar-refractivity contribution in [3.63, 3.8) is 0 Å². The summed E-state index contributed by atoms with van der Waals surface area (Å²) >= 11 is 0. The van der Waals surface area contributed by atoms with Gasteiger partial charge in [-0.25, -0.2) is 23.1 Å². The SMILES string of the molecule is CC(C)(C)c1cn2c(-c3nc(NC4CNCC4F)c(F)cc3F)cnc2cn1. The van der Waals surface area contributed by atoms with E-state index in [4.69, 9.17) is 0 Å². The van der Waals surface area contributed by atoms with E-state index in [1.54, 1.807) is 16.8 Å². The first kappa shape index (κ1) is 18.7. The summed E-state index contributed by atoms with van der Waals surface area (Å²) in [4.78, 5) is 12.8. The van der Waals surface area contributed by atoms with Crippen molar-refractivity contribution in [3.05, 3.63) is 42.0 Å². The summed E-state index contributed by atoms with van der Waals surface area (Å²) in [6.07, 6.45) is 3.66. The summed E-state index contributed by atoms with van der Waals surface area (Å²) in [5.74, 6) is -1.88. The summed E-state index contributed by atoms with van der Waals surface area (Å²) in [6.45, 7) is 6.56. The summed E-state index contributed by atoms with van der Waals surface area (Å²) in [6, 6.07) is 0.130. The van der Waals surface area contributed by atoms with Gasteiger partial charge >= 0.3 is 0 Å². The number of alkyl halides is 1. The number of nitrogens with one attached hydrogen (secondary N) is 2. The molecule has 3 aromatic rings. The number of fused-ring (bicyclic) bond motifs is 1. The van der Waals surface area contributed by atoms with Crippen LogP contribution in [0.25, 0.3) is 17.0 Å². The van der Waals surface area contributed by atoms with E-state index < -0.39 is 23.8 Å². The van der Waals surface area contributed by atoms with Gasteiger partial charge in [-0.3, -0.25) is 9.38 Å². The number of pyridine rings is 1. The first-order valence-electron chi connectivity index (χ1n) is 9.05. The minimum absolute atomic E-state index is 0.0659. The van der Waals surface area contributed by atoms with Gasteiger partial charge in [0.25, 0.3) is 0 Å². The van der Waals surface area contributed by atoms with Crippen molar-refractivity contribution in [1.29, 1.82) is 0 Å². The van der Waals surface area contributed by atoms with Crippen LogP contribution >= 0.6 is 0 Å². The monoisotopic (exact) mass is 390 g/mol. The normalized spacial score (nSPS) is 20.1. The van der Waals surface area contributed by atoms with Gasteiger partial charge in [0, 0.05) is 30.8 Å². The van der Waals surface area contributed by atoms with Crippen LogP contribution in [0.5, 0.6) is 0 Å². The lowest BCUT2D eigenvalue weighted by Crippen LogP contribution is -2.30. The topological polar surface area (TPSA) is 67.1 Å². The van der Waals surface area contributed by atoms with Crippen LogP contribution < -0.4 is 10.6 Å². The van der Waals surface area contributed by atoms with Crippen LogP contribution in [0.2, 0.25) is 0 Å². The van der Waals surface area contributed by atoms with Crippen LogP contribution in [0.15, 0.2) is 24.7 Å². The zero-order valence-electron chi connectivity index (χ0n) is 15.8. The smallest absolute Gasteiger partial charge is 0.168 e. The number of aromatic nitrogens is 4. The Bertz CT molecular complexity index is 1030. The fraction of sp³-hybridized carbons (Fsp3) is 0.421. The lowest BCUT2D eigenvalue weighted by molar-refractivity contribution is 0.341. The molecule has 0 aliphatic carbocycles. The molecule has 4 rings (SSSR count). The molecule has 0 amide bonds. The molecule has 1 aliphatic rings. The number of nitrogens with zero attached hydrogens (tertiary/aromatic N) is 4. The van der Waals surface area contributed by atoms with Crippen molar-refractivity contribution in [3.8, 4) is 11.4 Å². The molecule has 1 fully saturated rings. The lowest BCUT2D eigenvalue weighted by Gasteiger charge is -2.18. The molecule has 2 N–H and O–H groups in total. The third-order valence-electron chi connectivity index (χ3n) is 4.80. The Morgan fingerprint density at radius 3 is 2.61 bits per heavy atom. The molecule has 0 saturated carbocycles. The first-order chi connectivity index (χ1) is 13.2. The van der Waals surface area contributed by atoms with Gasteiger partial charge in [-0.1, -0.05) is 20.8 Å². The van der Waals surface area contributed by atoms with E-state index in [1.807, 2.05) is 20.8 Å². The van der Waals surface area contributed by atoms with Gasteiger partial charge in [0.15, 0.2) is 23.1 Å². The average Bonchev–Trinajstić information content (AvgIpc) is 3.22. The minimum Gasteiger partial charge on any atom is -0.361 e. The average molecular weight is 390 g/mol. The van der Waals surface area contributed by atoms with Crippen LogP contribution in [0, 0.1) is 11.6 Å². The van der Waals surface area contributed by atoms with E-state index in [0.717, 1.165) is 11.8 Å². The Morgan fingerprint density at radius 2 is 1.93 bits per heavy atom. The molecule has 28 heavy (non-hydrogen) atoms. The molecule has 2 atom stereocenters. The molecule has 3 aromatic heterocycles. The van der Waals surface area contributed by atoms with Gasteiger partial charge in [-0.15, -0.1) is 0 Å². The van der Waals surface area contributed by atoms with Crippen molar-refractivity contribution in [1.82, 2.24) is 24.7 Å². The van der Waals surface area contributed by atoms with Crippen LogP contribution in [0.1, 0.15) is 26.5 Å². The highest BCUT2D eigenvalue weighted by atomic mass is 19.1. The second-order valence-corrected chi connectivity index (χ2v) is 7.97. The highest BCUT2D eigenvalue weighted by molar-refractivity contribution is 5.62. The molecule has 9 heteroatoms. The minimum atomic E-state index is -1.18. The van der Waals surface area contributed by atoms with Crippen molar-refractivity contribution in [2.45, 2.75) is 38.4 Å². The number of imidazole rings is 1. The summed E-state index contributed by atoms with van der Waals surface area (Å²) in [5, 5.41) is 5.62. The van der Waals surface area contributed by atoms with Gasteiger partial charge in [0.05, 0.1) is 29.8 Å². The molecule has 2 unspecified atom stereocenters. The van der Waals surface area contributed by atoms with E-state index >= 15 is 0 Å². The number of hydrogen-bond acceptors (Lipinski definition) is 5. The van der Waals surface area contributed by atoms with Crippen LogP contribution in [-0.4, -0.2) is 44.7 Å². The highest BCUT2D eigenvalue weighted by Gasteiger charge is 2.28. The predicted molar refractivity (Wildman–Crippen MR) is 100 cm³/mol. The van der Waals surface area contributed by atoms with E-state index in [2.05, 4.69) is 25.6 Å². The van der Waals surface area contributed by atoms with Crippen LogP contribution in [0.3, 0.4) is 0 Å². The summed E-state index contributed by atoms with van der Waals surface area (Å²) in [5.41, 5.74) is 1.39. The maximum absolute atomic E-state index is 14.6. The van der Waals surface area contributed by atoms with Crippen LogP contribution in [0.4, 0.5) is 19.0 Å². The molecule has 1 aliphatic heterocycles. The highest BCUT2D eigenvalue weighted by Crippen LogP contribution is 2.28. The van der Waals surface area contributed by atoms with E-state index in [-0.39, 0.29) is 23.5 Å². The van der Waals surface area contributed by atoms with Crippen molar-refractivity contribution in [2.24, 2.45) is 0 Å². The van der Waals surface area contributed by atoms with Crippen molar-refractivity contribution >= 4 is 11.5 Å². The molecule has 0 aromatic carbocycles. The maximum atomic E-state index is 14.6. The Hall–Kier alpha value is -2.68. The number of rotatable bonds is 3. The van der Waals surface area contributed by atoms with Crippen molar-refractivity contribution in [2.75, 3.05) is 18.4 Å². The largest absolute Gasteiger partial charge is 0.361 e. The third kappa shape index (κ3) is 3.30. The number of anilines is 1. The number of halogens is 3. The summed E-state index contributed by atoms with van der Waals surface area (Å²) in [7, 11) is 0. The Balaban J connectivity index is 1.79. The third-order valence-corrected chi connectivity index (χ3v) is 4.80. The maximum Gasteiger partial charge on any atom is 0.168 e. The van der Waals surface area contributed by atoms with Gasteiger partial charge in [-0.2, -0.15) is 0 Å². The molecular formula is C19H21F3N6. The van der Waals surface area contributed by atoms with Crippen molar-refractivity contribution < 1.29 is 13.2 Å². The molecular weight excluding hydrogens is 369 g/mol. The predicted octanol–water partition coefficient (Wildman–Crippen LogP) is 3.09. The van der Waals surface area contributed by atoms with E-state index in [0.29, 0.717) is 17.9 Å². The zero-order chi connectivity index (χ0) is 20.1. The Labute approximate surface area is 160 Å². The van der Waals surface area contributed by atoms with Gasteiger partial charge in [-0.05, 0) is 0 Å². The second-order valence-electron chi connectivity index (χ2n) is 7.97. The fourth-order valence-electron chi connectivity index (χ4n) is 3.16. The summed E-state index contributed by atoms with van der Waals surface area (Å²) < 4.78 is 44.3. The van der Waals surface area contributed by atoms with Gasteiger partial charge in [0.1, 0.15) is 11.9 Å². The molecule has 0 spiro atoms. The molecule has 4 heterocycles. The molecule has 0 bridgehead atoms. The second kappa shape index (κ2) is 6.73. The van der Waals surface area contributed by atoms with Gasteiger partial charge < -0.3 is 10.6 Å². The van der Waals surface area contributed by atoms with Gasteiger partial charge in [0.2, 0.25) is 0 Å². The zero-order valence-corrected chi connectivity index (χ0v) is 15.8. The first-order valence-corrected chi connectivity index (χ1v) is 9.05. The Morgan fingerprint density at radius 1 is 1.14 bits per heavy atom. The molecule has 0 radical (unpaired) electrons. The quantitative estimate of drug-likeness (QED) is 0.720. The van der Waals surface area contributed by atoms with Crippen LogP contribution in [-0.2, 0) is 5.41 Å².